The van der Waals surface area contributed by atoms with Crippen molar-refractivity contribution >= 4 is 28.2 Å². The number of fused-ring (bicyclic) bond motifs is 1. The number of pyridine rings is 1. The van der Waals surface area contributed by atoms with Gasteiger partial charge in [0.15, 0.2) is 0 Å². The topological polar surface area (TPSA) is 17.3 Å². The molecule has 0 bridgehead atoms. The highest BCUT2D eigenvalue weighted by atomic mass is 127. The minimum atomic E-state index is 1.04. The van der Waals surface area contributed by atoms with E-state index in [0.29, 0.717) is 0 Å². The number of hydrogen-bond acceptors (Lipinski definition) is 1. The monoisotopic (exact) mass is 272 g/mol. The Hall–Kier alpha value is -0.580. The van der Waals surface area contributed by atoms with Crippen molar-refractivity contribution in [1.82, 2.24) is 9.38 Å². The zero-order valence-electron chi connectivity index (χ0n) is 6.79. The van der Waals surface area contributed by atoms with Crippen molar-refractivity contribution in [3.05, 3.63) is 33.8 Å². The molecule has 0 aliphatic heterocycles. The van der Waals surface area contributed by atoms with E-state index in [4.69, 9.17) is 0 Å². The maximum Gasteiger partial charge on any atom is 0.137 e. The van der Waals surface area contributed by atoms with Gasteiger partial charge >= 0.3 is 0 Å². The number of hydrogen-bond donors (Lipinski definition) is 0. The molecule has 12 heavy (non-hydrogen) atoms. The van der Waals surface area contributed by atoms with Gasteiger partial charge in [0.1, 0.15) is 9.35 Å². The van der Waals surface area contributed by atoms with Crippen molar-refractivity contribution in [3.63, 3.8) is 0 Å². The molecule has 0 saturated carbocycles. The third-order valence-electron chi connectivity index (χ3n) is 1.94. The molecule has 2 aromatic rings. The largest absolute Gasteiger partial charge is 0.295 e. The highest BCUT2D eigenvalue weighted by molar-refractivity contribution is 14.1. The average molecular weight is 272 g/mol. The van der Waals surface area contributed by atoms with Crippen LogP contribution in [0.2, 0.25) is 0 Å². The molecule has 0 aromatic carbocycles. The molecule has 2 aromatic heterocycles. The summed E-state index contributed by atoms with van der Waals surface area (Å²) in [5, 5.41) is 0. The Kier molecular flexibility index (Phi) is 2.04. The zero-order valence-corrected chi connectivity index (χ0v) is 8.95. The molecule has 0 radical (unpaired) electrons. The van der Waals surface area contributed by atoms with E-state index in [-0.39, 0.29) is 0 Å². The van der Waals surface area contributed by atoms with Crippen LogP contribution < -0.4 is 0 Å². The van der Waals surface area contributed by atoms with Crippen molar-refractivity contribution in [2.75, 3.05) is 0 Å². The molecule has 0 spiro atoms. The molecule has 0 saturated heterocycles. The van der Waals surface area contributed by atoms with Gasteiger partial charge in [-0.15, -0.1) is 0 Å². The third kappa shape index (κ3) is 1.22. The second-order valence-electron chi connectivity index (χ2n) is 2.70. The smallest absolute Gasteiger partial charge is 0.137 e. The number of halogens is 1. The molecule has 2 rings (SSSR count). The standard InChI is InChI=1S/C9H9IN2/c1-2-7-3-4-12-8(10)6-11-9(12)5-7/h3-6H,2H2,1H3. The summed E-state index contributed by atoms with van der Waals surface area (Å²) in [6, 6.07) is 4.26. The van der Waals surface area contributed by atoms with Crippen molar-refractivity contribution in [2.45, 2.75) is 13.3 Å². The number of aryl methyl sites for hydroxylation is 1. The van der Waals surface area contributed by atoms with Gasteiger partial charge in [0.2, 0.25) is 0 Å². The van der Waals surface area contributed by atoms with E-state index < -0.39 is 0 Å². The fraction of sp³-hybridized carbons (Fsp3) is 0.222. The van der Waals surface area contributed by atoms with Gasteiger partial charge in [-0.05, 0) is 46.7 Å². The summed E-state index contributed by atoms with van der Waals surface area (Å²) >= 11 is 2.28. The van der Waals surface area contributed by atoms with Crippen LogP contribution in [0.4, 0.5) is 0 Å². The lowest BCUT2D eigenvalue weighted by molar-refractivity contribution is 1.08. The van der Waals surface area contributed by atoms with Crippen molar-refractivity contribution in [3.8, 4) is 0 Å². The summed E-state index contributed by atoms with van der Waals surface area (Å²) in [6.07, 6.45) is 5.03. The quantitative estimate of drug-likeness (QED) is 0.729. The molecule has 0 atom stereocenters. The summed E-state index contributed by atoms with van der Waals surface area (Å²) in [5.41, 5.74) is 2.38. The van der Waals surface area contributed by atoms with Crippen LogP contribution in [0, 0.1) is 3.70 Å². The highest BCUT2D eigenvalue weighted by Gasteiger charge is 1.98. The molecule has 62 valence electrons. The predicted octanol–water partition coefficient (Wildman–Crippen LogP) is 2.50. The second kappa shape index (κ2) is 3.05. The first-order valence-electron chi connectivity index (χ1n) is 3.92. The molecule has 0 aliphatic rings. The van der Waals surface area contributed by atoms with E-state index in [2.05, 4.69) is 57.2 Å². The first-order valence-corrected chi connectivity index (χ1v) is 5.00. The van der Waals surface area contributed by atoms with Crippen LogP contribution in [0.25, 0.3) is 5.65 Å². The lowest BCUT2D eigenvalue weighted by Gasteiger charge is -1.97. The van der Waals surface area contributed by atoms with E-state index in [1.54, 1.807) is 0 Å². The summed E-state index contributed by atoms with van der Waals surface area (Å²) in [6.45, 7) is 2.15. The molecular weight excluding hydrogens is 263 g/mol. The Bertz CT molecular complexity index is 406. The van der Waals surface area contributed by atoms with Gasteiger partial charge < -0.3 is 0 Å². The fourth-order valence-corrected chi connectivity index (χ4v) is 1.76. The summed E-state index contributed by atoms with van der Waals surface area (Å²) in [4.78, 5) is 4.28. The Morgan fingerprint density at radius 3 is 3.17 bits per heavy atom. The minimum absolute atomic E-state index is 1.04. The summed E-state index contributed by atoms with van der Waals surface area (Å²) in [5.74, 6) is 0. The predicted molar refractivity (Wildman–Crippen MR) is 57.3 cm³/mol. The highest BCUT2D eigenvalue weighted by Crippen LogP contribution is 2.11. The molecule has 0 fully saturated rings. The molecule has 2 nitrogen and oxygen atoms in total. The second-order valence-corrected chi connectivity index (χ2v) is 3.80. The van der Waals surface area contributed by atoms with Crippen molar-refractivity contribution < 1.29 is 0 Å². The van der Waals surface area contributed by atoms with E-state index >= 15 is 0 Å². The van der Waals surface area contributed by atoms with Crippen LogP contribution in [0.5, 0.6) is 0 Å². The Morgan fingerprint density at radius 1 is 1.58 bits per heavy atom. The van der Waals surface area contributed by atoms with Crippen LogP contribution in [0.15, 0.2) is 24.5 Å². The van der Waals surface area contributed by atoms with Gasteiger partial charge in [0.05, 0.1) is 6.20 Å². The van der Waals surface area contributed by atoms with Crippen molar-refractivity contribution in [1.29, 1.82) is 0 Å². The van der Waals surface area contributed by atoms with Gasteiger partial charge in [0, 0.05) is 6.20 Å². The maximum atomic E-state index is 4.28. The lowest BCUT2D eigenvalue weighted by atomic mass is 10.2. The normalized spacial score (nSPS) is 10.8. The van der Waals surface area contributed by atoms with Gasteiger partial charge in [-0.1, -0.05) is 6.92 Å². The number of rotatable bonds is 1. The van der Waals surface area contributed by atoms with Crippen LogP contribution in [0.3, 0.4) is 0 Å². The molecule has 0 amide bonds. The lowest BCUT2D eigenvalue weighted by Crippen LogP contribution is -1.88. The zero-order chi connectivity index (χ0) is 8.55. The first-order chi connectivity index (χ1) is 5.81. The van der Waals surface area contributed by atoms with Crippen LogP contribution >= 0.6 is 22.6 Å². The summed E-state index contributed by atoms with van der Waals surface area (Å²) in [7, 11) is 0. The number of aromatic nitrogens is 2. The Morgan fingerprint density at radius 2 is 2.42 bits per heavy atom. The molecule has 0 aliphatic carbocycles. The molecular formula is C9H9IN2. The van der Waals surface area contributed by atoms with E-state index in [1.165, 1.54) is 5.56 Å². The SMILES string of the molecule is CCc1ccn2c(I)cnc2c1. The van der Waals surface area contributed by atoms with Gasteiger partial charge in [0.25, 0.3) is 0 Å². The first kappa shape index (κ1) is 8.04. The Balaban J connectivity index is 2.69. The molecule has 2 heterocycles. The van der Waals surface area contributed by atoms with E-state index in [1.807, 2.05) is 6.20 Å². The maximum absolute atomic E-state index is 4.28. The Labute approximate surface area is 84.8 Å². The van der Waals surface area contributed by atoms with Crippen LogP contribution in [0.1, 0.15) is 12.5 Å². The van der Waals surface area contributed by atoms with Crippen LogP contribution in [-0.2, 0) is 6.42 Å². The molecule has 3 heteroatoms. The van der Waals surface area contributed by atoms with E-state index in [0.717, 1.165) is 15.8 Å². The van der Waals surface area contributed by atoms with Gasteiger partial charge in [-0.2, -0.15) is 0 Å². The summed E-state index contributed by atoms with van der Waals surface area (Å²) < 4.78 is 3.24. The van der Waals surface area contributed by atoms with Crippen LogP contribution in [-0.4, -0.2) is 9.38 Å². The number of imidazole rings is 1. The van der Waals surface area contributed by atoms with E-state index in [9.17, 15) is 0 Å². The minimum Gasteiger partial charge on any atom is -0.295 e. The van der Waals surface area contributed by atoms with Crippen molar-refractivity contribution in [2.24, 2.45) is 0 Å². The average Bonchev–Trinajstić information content (AvgIpc) is 2.47. The van der Waals surface area contributed by atoms with Gasteiger partial charge in [-0.25, -0.2) is 4.98 Å². The molecule has 0 unspecified atom stereocenters. The third-order valence-corrected chi connectivity index (χ3v) is 2.74. The number of nitrogens with zero attached hydrogens (tertiary/aromatic N) is 2. The molecule has 0 N–H and O–H groups in total. The fourth-order valence-electron chi connectivity index (χ4n) is 1.21. The van der Waals surface area contributed by atoms with Gasteiger partial charge in [-0.3, -0.25) is 4.40 Å².